The molecule has 2 N–H and O–H groups in total. The van der Waals surface area contributed by atoms with E-state index in [0.717, 1.165) is 11.1 Å². The number of carbonyl (C=O) groups is 1. The minimum atomic E-state index is -1.33. The van der Waals surface area contributed by atoms with E-state index in [1.54, 1.807) is 29.7 Å². The van der Waals surface area contributed by atoms with Gasteiger partial charge in [0, 0.05) is 16.7 Å². The second-order valence-corrected chi connectivity index (χ2v) is 7.13. The highest BCUT2D eigenvalue weighted by atomic mass is 32.2. The summed E-state index contributed by atoms with van der Waals surface area (Å²) in [6.07, 6.45) is 0. The Hall–Kier alpha value is -3.09. The van der Waals surface area contributed by atoms with Crippen LogP contribution in [-0.2, 0) is 10.8 Å². The second kappa shape index (κ2) is 6.67. The fourth-order valence-electron chi connectivity index (χ4n) is 2.89. The Morgan fingerprint density at radius 3 is 2.27 bits per heavy atom. The number of nitrogens with zero attached hydrogens (tertiary/aromatic N) is 1. The SMILES string of the molecule is O=C(NO)c1ccc(C2=Nc3ccccc3S(=O)c3ccccc32)cc1. The Morgan fingerprint density at radius 1 is 0.885 bits per heavy atom. The number of hydroxylamine groups is 1. The lowest BCUT2D eigenvalue weighted by Gasteiger charge is -2.09. The Kier molecular flexibility index (Phi) is 4.20. The van der Waals surface area contributed by atoms with Crippen molar-refractivity contribution in [1.29, 1.82) is 0 Å². The summed E-state index contributed by atoms with van der Waals surface area (Å²) in [6, 6.07) is 21.6. The van der Waals surface area contributed by atoms with Crippen molar-refractivity contribution >= 4 is 28.1 Å². The molecule has 1 unspecified atom stereocenters. The topological polar surface area (TPSA) is 78.8 Å². The maximum absolute atomic E-state index is 13.0. The molecule has 0 aromatic heterocycles. The smallest absolute Gasteiger partial charge is 0.274 e. The van der Waals surface area contributed by atoms with Crippen LogP contribution in [0.1, 0.15) is 21.5 Å². The summed E-state index contributed by atoms with van der Waals surface area (Å²) < 4.78 is 13.0. The molecule has 1 atom stereocenters. The molecule has 5 nitrogen and oxygen atoms in total. The highest BCUT2D eigenvalue weighted by Gasteiger charge is 2.23. The largest absolute Gasteiger partial charge is 0.288 e. The Bertz CT molecular complexity index is 1060. The zero-order valence-electron chi connectivity index (χ0n) is 13.5. The first-order chi connectivity index (χ1) is 12.7. The summed E-state index contributed by atoms with van der Waals surface area (Å²) >= 11 is 0. The van der Waals surface area contributed by atoms with Gasteiger partial charge < -0.3 is 0 Å². The van der Waals surface area contributed by atoms with Crippen LogP contribution in [0.25, 0.3) is 0 Å². The maximum Gasteiger partial charge on any atom is 0.274 e. The van der Waals surface area contributed by atoms with E-state index < -0.39 is 16.7 Å². The molecule has 0 saturated carbocycles. The van der Waals surface area contributed by atoms with Gasteiger partial charge in [0.2, 0.25) is 0 Å². The van der Waals surface area contributed by atoms with E-state index in [1.807, 2.05) is 48.5 Å². The maximum atomic E-state index is 13.0. The van der Waals surface area contributed by atoms with Gasteiger partial charge in [-0.2, -0.15) is 0 Å². The summed E-state index contributed by atoms with van der Waals surface area (Å²) in [5.41, 5.74) is 4.89. The molecule has 4 rings (SSSR count). The van der Waals surface area contributed by atoms with Gasteiger partial charge in [-0.3, -0.25) is 10.0 Å². The van der Waals surface area contributed by atoms with E-state index in [9.17, 15) is 9.00 Å². The normalized spacial score (nSPS) is 15.3. The average molecular weight is 362 g/mol. The molecule has 26 heavy (non-hydrogen) atoms. The van der Waals surface area contributed by atoms with Crippen LogP contribution in [0.5, 0.6) is 0 Å². The van der Waals surface area contributed by atoms with Crippen molar-refractivity contribution in [2.45, 2.75) is 9.79 Å². The van der Waals surface area contributed by atoms with Gasteiger partial charge in [0.05, 0.1) is 32.0 Å². The minimum absolute atomic E-state index is 0.336. The van der Waals surface area contributed by atoms with Crippen LogP contribution >= 0.6 is 0 Å². The van der Waals surface area contributed by atoms with Gasteiger partial charge in [-0.1, -0.05) is 42.5 Å². The summed E-state index contributed by atoms with van der Waals surface area (Å²) in [4.78, 5) is 17.7. The molecular formula is C20H14N2O3S. The van der Waals surface area contributed by atoms with Crippen LogP contribution in [0.4, 0.5) is 5.69 Å². The number of hydrogen-bond donors (Lipinski definition) is 2. The zero-order valence-corrected chi connectivity index (χ0v) is 14.4. The number of nitrogens with one attached hydrogen (secondary N) is 1. The number of para-hydroxylation sites is 1. The number of aliphatic imine (C=N–C) groups is 1. The second-order valence-electron chi connectivity index (χ2n) is 5.71. The van der Waals surface area contributed by atoms with Crippen LogP contribution < -0.4 is 5.48 Å². The molecule has 3 aromatic rings. The molecule has 1 aliphatic rings. The molecule has 3 aromatic carbocycles. The van der Waals surface area contributed by atoms with Crippen LogP contribution in [0.3, 0.4) is 0 Å². The third kappa shape index (κ3) is 2.75. The monoisotopic (exact) mass is 362 g/mol. The van der Waals surface area contributed by atoms with Crippen molar-refractivity contribution < 1.29 is 14.2 Å². The highest BCUT2D eigenvalue weighted by Crippen LogP contribution is 2.34. The number of fused-ring (bicyclic) bond motifs is 2. The third-order valence-corrected chi connectivity index (χ3v) is 5.66. The summed E-state index contributed by atoms with van der Waals surface area (Å²) in [5.74, 6) is -0.578. The molecular weight excluding hydrogens is 348 g/mol. The first-order valence-electron chi connectivity index (χ1n) is 7.93. The Morgan fingerprint density at radius 2 is 1.54 bits per heavy atom. The van der Waals surface area contributed by atoms with Crippen molar-refractivity contribution in [2.24, 2.45) is 4.99 Å². The average Bonchev–Trinajstić information content (AvgIpc) is 2.83. The molecule has 0 aliphatic carbocycles. The Labute approximate surface area is 152 Å². The molecule has 128 valence electrons. The van der Waals surface area contributed by atoms with Gasteiger partial charge in [-0.25, -0.2) is 14.7 Å². The first kappa shape index (κ1) is 16.4. The molecule has 0 radical (unpaired) electrons. The standard InChI is InChI=1S/C20H14N2O3S/c23-20(22-24)14-11-9-13(10-12-14)19-15-5-1-3-7-17(15)26(25)18-8-4-2-6-16(18)21-19/h1-12,24H,(H,22,23). The highest BCUT2D eigenvalue weighted by molar-refractivity contribution is 7.85. The van der Waals surface area contributed by atoms with Gasteiger partial charge >= 0.3 is 0 Å². The lowest BCUT2D eigenvalue weighted by molar-refractivity contribution is 0.0706. The van der Waals surface area contributed by atoms with E-state index in [0.29, 0.717) is 26.8 Å². The molecule has 0 spiro atoms. The van der Waals surface area contributed by atoms with E-state index >= 15 is 0 Å². The van der Waals surface area contributed by atoms with Crippen molar-refractivity contribution in [3.05, 3.63) is 89.5 Å². The number of amides is 1. The fraction of sp³-hybridized carbons (Fsp3) is 0. The number of carbonyl (C=O) groups excluding carboxylic acids is 1. The van der Waals surface area contributed by atoms with Gasteiger partial charge in [-0.15, -0.1) is 0 Å². The number of hydrogen-bond acceptors (Lipinski definition) is 4. The molecule has 0 fully saturated rings. The number of rotatable bonds is 2. The first-order valence-corrected chi connectivity index (χ1v) is 9.08. The van der Waals surface area contributed by atoms with E-state index in [2.05, 4.69) is 0 Å². The summed E-state index contributed by atoms with van der Waals surface area (Å²) in [5, 5.41) is 8.75. The molecule has 0 bridgehead atoms. The van der Waals surface area contributed by atoms with Crippen LogP contribution in [0.2, 0.25) is 0 Å². The molecule has 1 aliphatic heterocycles. The van der Waals surface area contributed by atoms with Gasteiger partial charge in [0.1, 0.15) is 0 Å². The third-order valence-electron chi connectivity index (χ3n) is 4.16. The van der Waals surface area contributed by atoms with Gasteiger partial charge in [0.15, 0.2) is 0 Å². The van der Waals surface area contributed by atoms with Crippen molar-refractivity contribution in [1.82, 2.24) is 5.48 Å². The fourth-order valence-corrected chi connectivity index (χ4v) is 4.20. The molecule has 0 saturated heterocycles. The molecule has 6 heteroatoms. The van der Waals surface area contributed by atoms with Crippen molar-refractivity contribution in [3.8, 4) is 0 Å². The number of benzene rings is 3. The van der Waals surface area contributed by atoms with Gasteiger partial charge in [-0.05, 0) is 30.3 Å². The zero-order chi connectivity index (χ0) is 18.1. The predicted octanol–water partition coefficient (Wildman–Crippen LogP) is 3.45. The van der Waals surface area contributed by atoms with E-state index in [4.69, 9.17) is 10.2 Å². The van der Waals surface area contributed by atoms with Crippen molar-refractivity contribution in [3.63, 3.8) is 0 Å². The lowest BCUT2D eigenvalue weighted by atomic mass is 10.0. The van der Waals surface area contributed by atoms with E-state index in [-0.39, 0.29) is 0 Å². The van der Waals surface area contributed by atoms with Crippen LogP contribution in [-0.4, -0.2) is 21.0 Å². The van der Waals surface area contributed by atoms with Gasteiger partial charge in [0.25, 0.3) is 5.91 Å². The predicted molar refractivity (Wildman–Crippen MR) is 98.6 cm³/mol. The van der Waals surface area contributed by atoms with Crippen molar-refractivity contribution in [2.75, 3.05) is 0 Å². The Balaban J connectivity index is 1.92. The summed E-state index contributed by atoms with van der Waals surface area (Å²) in [7, 11) is -1.33. The van der Waals surface area contributed by atoms with Crippen LogP contribution in [0, 0.1) is 0 Å². The van der Waals surface area contributed by atoms with E-state index in [1.165, 1.54) is 0 Å². The molecule has 1 heterocycles. The minimum Gasteiger partial charge on any atom is -0.288 e. The molecule has 1 amide bonds. The quantitative estimate of drug-likeness (QED) is 0.423. The lowest BCUT2D eigenvalue weighted by Crippen LogP contribution is -2.18. The summed E-state index contributed by atoms with van der Waals surface area (Å²) in [6.45, 7) is 0. The van der Waals surface area contributed by atoms with Crippen LogP contribution in [0.15, 0.2) is 87.6 Å².